The van der Waals surface area contributed by atoms with Gasteiger partial charge in [-0.25, -0.2) is 9.97 Å². The summed E-state index contributed by atoms with van der Waals surface area (Å²) >= 11 is 0. The largest absolute Gasteiger partial charge is 0.330 e. The first-order chi connectivity index (χ1) is 9.11. The molecule has 0 spiro atoms. The average molecular weight is 255 g/mol. The van der Waals surface area contributed by atoms with E-state index in [1.165, 1.54) is 16.7 Å². The van der Waals surface area contributed by atoms with Gasteiger partial charge in [-0.15, -0.1) is 0 Å². The summed E-state index contributed by atoms with van der Waals surface area (Å²) in [4.78, 5) is 8.85. The first kappa shape index (κ1) is 13.7. The standard InChI is InChI=1S/C16H21N3/c1-11(2)13-5-4-12(3)14(10-13)15-7-9-18-16(19-15)6-8-17/h4-5,7,9-11H,6,8,17H2,1-3H3. The van der Waals surface area contributed by atoms with Crippen LogP contribution in [0.2, 0.25) is 0 Å². The molecule has 0 radical (unpaired) electrons. The van der Waals surface area contributed by atoms with Gasteiger partial charge in [0.05, 0.1) is 5.69 Å². The van der Waals surface area contributed by atoms with Crippen LogP contribution < -0.4 is 5.73 Å². The van der Waals surface area contributed by atoms with Crippen molar-refractivity contribution in [3.63, 3.8) is 0 Å². The lowest BCUT2D eigenvalue weighted by Gasteiger charge is -2.11. The van der Waals surface area contributed by atoms with Gasteiger partial charge < -0.3 is 5.73 Å². The van der Waals surface area contributed by atoms with E-state index in [0.29, 0.717) is 12.5 Å². The minimum atomic E-state index is 0.518. The Morgan fingerprint density at radius 3 is 2.68 bits per heavy atom. The molecule has 0 saturated carbocycles. The van der Waals surface area contributed by atoms with Crippen LogP contribution in [0.5, 0.6) is 0 Å². The summed E-state index contributed by atoms with van der Waals surface area (Å²) in [7, 11) is 0. The quantitative estimate of drug-likeness (QED) is 0.913. The zero-order chi connectivity index (χ0) is 13.8. The second-order valence-electron chi connectivity index (χ2n) is 5.13. The molecule has 0 aliphatic rings. The van der Waals surface area contributed by atoms with Crippen LogP contribution in [-0.2, 0) is 6.42 Å². The van der Waals surface area contributed by atoms with Gasteiger partial charge in [0.25, 0.3) is 0 Å². The van der Waals surface area contributed by atoms with Gasteiger partial charge in [0, 0.05) is 18.2 Å². The Hall–Kier alpha value is -1.74. The van der Waals surface area contributed by atoms with Crippen LogP contribution in [0.1, 0.15) is 36.7 Å². The van der Waals surface area contributed by atoms with Gasteiger partial charge in [0.15, 0.2) is 0 Å². The molecule has 1 heterocycles. The van der Waals surface area contributed by atoms with E-state index in [9.17, 15) is 0 Å². The molecule has 1 aromatic heterocycles. The second-order valence-corrected chi connectivity index (χ2v) is 5.13. The molecule has 2 aromatic rings. The topological polar surface area (TPSA) is 51.8 Å². The highest BCUT2D eigenvalue weighted by Crippen LogP contribution is 2.26. The van der Waals surface area contributed by atoms with E-state index in [4.69, 9.17) is 5.73 Å². The molecule has 100 valence electrons. The third-order valence-corrected chi connectivity index (χ3v) is 3.28. The van der Waals surface area contributed by atoms with E-state index in [1.807, 2.05) is 12.3 Å². The fourth-order valence-corrected chi connectivity index (χ4v) is 2.07. The van der Waals surface area contributed by atoms with Crippen molar-refractivity contribution in [1.82, 2.24) is 9.97 Å². The van der Waals surface area contributed by atoms with E-state index in [2.05, 4.69) is 48.9 Å². The molecule has 0 aliphatic heterocycles. The molecular weight excluding hydrogens is 234 g/mol. The van der Waals surface area contributed by atoms with Crippen LogP contribution in [0.3, 0.4) is 0 Å². The zero-order valence-electron chi connectivity index (χ0n) is 11.9. The van der Waals surface area contributed by atoms with E-state index in [0.717, 1.165) is 17.9 Å². The maximum Gasteiger partial charge on any atom is 0.130 e. The molecule has 3 heteroatoms. The summed E-state index contributed by atoms with van der Waals surface area (Å²) in [5.74, 6) is 1.33. The van der Waals surface area contributed by atoms with Crippen molar-refractivity contribution in [3.05, 3.63) is 47.4 Å². The van der Waals surface area contributed by atoms with Crippen LogP contribution in [-0.4, -0.2) is 16.5 Å². The number of hydrogen-bond acceptors (Lipinski definition) is 3. The second kappa shape index (κ2) is 5.93. The van der Waals surface area contributed by atoms with Crippen LogP contribution in [0.4, 0.5) is 0 Å². The molecule has 0 bridgehead atoms. The van der Waals surface area contributed by atoms with Gasteiger partial charge >= 0.3 is 0 Å². The minimum Gasteiger partial charge on any atom is -0.330 e. The van der Waals surface area contributed by atoms with Crippen molar-refractivity contribution in [2.45, 2.75) is 33.1 Å². The number of aryl methyl sites for hydroxylation is 1. The van der Waals surface area contributed by atoms with Gasteiger partial charge in [-0.05, 0) is 42.6 Å². The zero-order valence-corrected chi connectivity index (χ0v) is 11.9. The Bertz CT molecular complexity index is 562. The molecule has 1 aromatic carbocycles. The number of nitrogens with zero attached hydrogens (tertiary/aromatic N) is 2. The lowest BCUT2D eigenvalue weighted by atomic mass is 9.96. The Labute approximate surface area is 114 Å². The monoisotopic (exact) mass is 255 g/mol. The first-order valence-electron chi connectivity index (χ1n) is 6.74. The summed E-state index contributed by atoms with van der Waals surface area (Å²) in [5, 5.41) is 0. The lowest BCUT2D eigenvalue weighted by molar-refractivity contribution is 0.862. The predicted octanol–water partition coefficient (Wildman–Crippen LogP) is 3.08. The Morgan fingerprint density at radius 2 is 2.00 bits per heavy atom. The van der Waals surface area contributed by atoms with E-state index < -0.39 is 0 Å². The van der Waals surface area contributed by atoms with Gasteiger partial charge in [-0.1, -0.05) is 26.0 Å². The molecule has 0 aliphatic carbocycles. The van der Waals surface area contributed by atoms with E-state index in [-0.39, 0.29) is 0 Å². The molecule has 0 fully saturated rings. The molecule has 3 nitrogen and oxygen atoms in total. The highest BCUT2D eigenvalue weighted by Gasteiger charge is 2.08. The van der Waals surface area contributed by atoms with E-state index >= 15 is 0 Å². The molecular formula is C16H21N3. The lowest BCUT2D eigenvalue weighted by Crippen LogP contribution is -2.06. The molecule has 0 amide bonds. The van der Waals surface area contributed by atoms with Crippen LogP contribution in [0.25, 0.3) is 11.3 Å². The fourth-order valence-electron chi connectivity index (χ4n) is 2.07. The number of rotatable bonds is 4. The molecule has 19 heavy (non-hydrogen) atoms. The van der Waals surface area contributed by atoms with Crippen LogP contribution >= 0.6 is 0 Å². The Morgan fingerprint density at radius 1 is 1.21 bits per heavy atom. The van der Waals surface area contributed by atoms with E-state index in [1.54, 1.807) is 0 Å². The van der Waals surface area contributed by atoms with Crippen LogP contribution in [0, 0.1) is 6.92 Å². The predicted molar refractivity (Wildman–Crippen MR) is 79.1 cm³/mol. The number of nitrogens with two attached hydrogens (primary N) is 1. The van der Waals surface area contributed by atoms with Crippen molar-refractivity contribution < 1.29 is 0 Å². The number of aromatic nitrogens is 2. The minimum absolute atomic E-state index is 0.518. The molecule has 0 unspecified atom stereocenters. The Balaban J connectivity index is 2.45. The van der Waals surface area contributed by atoms with Crippen molar-refractivity contribution in [2.75, 3.05) is 6.54 Å². The third kappa shape index (κ3) is 3.18. The van der Waals surface area contributed by atoms with Gasteiger partial charge in [-0.3, -0.25) is 0 Å². The normalized spacial score (nSPS) is 11.0. The Kier molecular flexibility index (Phi) is 4.27. The summed E-state index contributed by atoms with van der Waals surface area (Å²) in [6.45, 7) is 7.10. The maximum atomic E-state index is 5.56. The maximum absolute atomic E-state index is 5.56. The van der Waals surface area contributed by atoms with Crippen molar-refractivity contribution in [3.8, 4) is 11.3 Å². The highest BCUT2D eigenvalue weighted by atomic mass is 14.9. The molecule has 0 atom stereocenters. The average Bonchev–Trinajstić information content (AvgIpc) is 2.39. The van der Waals surface area contributed by atoms with Gasteiger partial charge in [0.1, 0.15) is 5.82 Å². The van der Waals surface area contributed by atoms with Crippen LogP contribution in [0.15, 0.2) is 30.5 Å². The highest BCUT2D eigenvalue weighted by molar-refractivity contribution is 5.64. The molecule has 0 saturated heterocycles. The van der Waals surface area contributed by atoms with Gasteiger partial charge in [0.2, 0.25) is 0 Å². The number of benzene rings is 1. The summed E-state index contributed by atoms with van der Waals surface area (Å²) in [6, 6.07) is 8.54. The molecule has 2 N–H and O–H groups in total. The van der Waals surface area contributed by atoms with Crippen molar-refractivity contribution in [2.24, 2.45) is 5.73 Å². The van der Waals surface area contributed by atoms with Gasteiger partial charge in [-0.2, -0.15) is 0 Å². The summed E-state index contributed by atoms with van der Waals surface area (Å²) in [6.07, 6.45) is 2.53. The SMILES string of the molecule is Cc1ccc(C(C)C)cc1-c1ccnc(CCN)n1. The summed E-state index contributed by atoms with van der Waals surface area (Å²) in [5.41, 5.74) is 10.3. The van der Waals surface area contributed by atoms with Crippen molar-refractivity contribution >= 4 is 0 Å². The molecule has 2 rings (SSSR count). The number of hydrogen-bond donors (Lipinski definition) is 1. The third-order valence-electron chi connectivity index (χ3n) is 3.28. The summed E-state index contributed by atoms with van der Waals surface area (Å²) < 4.78 is 0. The fraction of sp³-hybridized carbons (Fsp3) is 0.375. The first-order valence-corrected chi connectivity index (χ1v) is 6.74. The smallest absolute Gasteiger partial charge is 0.130 e. The van der Waals surface area contributed by atoms with Crippen molar-refractivity contribution in [1.29, 1.82) is 0 Å².